The predicted molar refractivity (Wildman–Crippen MR) is 137 cm³/mol. The molecule has 4 aromatic rings. The molecule has 0 spiro atoms. The minimum Gasteiger partial charge on any atom is -0.489 e. The number of rotatable bonds is 8. The molecule has 1 aromatic heterocycles. The third-order valence-electron chi connectivity index (χ3n) is 5.95. The average molecular weight is 486 g/mol. The number of anilines is 2. The lowest BCUT2D eigenvalue weighted by molar-refractivity contribution is 0.0995. The Kier molecular flexibility index (Phi) is 7.14. The summed E-state index contributed by atoms with van der Waals surface area (Å²) in [6, 6.07) is 23.5. The Morgan fingerprint density at radius 3 is 2.36 bits per heavy atom. The van der Waals surface area contributed by atoms with Gasteiger partial charge in [0.15, 0.2) is 5.76 Å². The molecule has 1 saturated heterocycles. The Bertz CT molecular complexity index is 1330. The van der Waals surface area contributed by atoms with Gasteiger partial charge in [-0.1, -0.05) is 36.4 Å². The van der Waals surface area contributed by atoms with Crippen molar-refractivity contribution in [1.82, 2.24) is 5.32 Å². The number of nitrogens with one attached hydrogen (secondary N) is 3. The second-order valence-electron chi connectivity index (χ2n) is 8.51. The van der Waals surface area contributed by atoms with Crippen molar-refractivity contribution < 1.29 is 23.5 Å². The molecule has 5 rings (SSSR count). The molecule has 0 saturated carbocycles. The summed E-state index contributed by atoms with van der Waals surface area (Å²) in [5, 5.41) is 9.29. The minimum atomic E-state index is -0.382. The first-order chi connectivity index (χ1) is 17.7. The van der Waals surface area contributed by atoms with Crippen LogP contribution >= 0.6 is 0 Å². The third-order valence-corrected chi connectivity index (χ3v) is 5.95. The number of para-hydroxylation sites is 2. The lowest BCUT2D eigenvalue weighted by Crippen LogP contribution is -2.35. The molecule has 3 aromatic carbocycles. The van der Waals surface area contributed by atoms with Crippen LogP contribution in [0.1, 0.15) is 29.0 Å². The van der Waals surface area contributed by atoms with Crippen LogP contribution < -0.4 is 20.7 Å². The highest BCUT2D eigenvalue weighted by Crippen LogP contribution is 2.28. The number of hydrogen-bond acceptors (Lipinski definition) is 5. The molecule has 1 unspecified atom stereocenters. The van der Waals surface area contributed by atoms with Gasteiger partial charge in [-0.15, -0.1) is 0 Å². The lowest BCUT2D eigenvalue weighted by atomic mass is 10.1. The maximum atomic E-state index is 13.1. The summed E-state index contributed by atoms with van der Waals surface area (Å²) in [6.45, 7) is 1.41. The van der Waals surface area contributed by atoms with Crippen LogP contribution in [0.3, 0.4) is 0 Å². The quantitative estimate of drug-likeness (QED) is 0.303. The molecule has 36 heavy (non-hydrogen) atoms. The van der Waals surface area contributed by atoms with E-state index in [-0.39, 0.29) is 30.4 Å². The molecule has 1 atom stereocenters. The van der Waals surface area contributed by atoms with Crippen molar-refractivity contribution in [3.05, 3.63) is 90.2 Å². The molecule has 3 amide bonds. The zero-order valence-electron chi connectivity index (χ0n) is 19.7. The molecule has 8 heteroatoms. The first-order valence-corrected chi connectivity index (χ1v) is 11.9. The Balaban J connectivity index is 1.23. The Morgan fingerprint density at radius 1 is 0.889 bits per heavy atom. The number of carbonyl (C=O) groups excluding carboxylic acids is 2. The average Bonchev–Trinajstić information content (AvgIpc) is 3.56. The van der Waals surface area contributed by atoms with Gasteiger partial charge in [0.25, 0.3) is 5.91 Å². The van der Waals surface area contributed by atoms with Crippen LogP contribution in [-0.2, 0) is 11.3 Å². The molecule has 0 radical (unpaired) electrons. The van der Waals surface area contributed by atoms with E-state index >= 15 is 0 Å². The van der Waals surface area contributed by atoms with E-state index in [0.717, 1.165) is 24.8 Å². The number of benzene rings is 3. The van der Waals surface area contributed by atoms with Gasteiger partial charge < -0.3 is 29.8 Å². The van der Waals surface area contributed by atoms with Gasteiger partial charge in [-0.25, -0.2) is 4.79 Å². The zero-order valence-corrected chi connectivity index (χ0v) is 19.7. The van der Waals surface area contributed by atoms with Crippen LogP contribution in [0.25, 0.3) is 11.0 Å². The fraction of sp³-hybridized carbons (Fsp3) is 0.214. The summed E-state index contributed by atoms with van der Waals surface area (Å²) < 4.78 is 17.3. The highest BCUT2D eigenvalue weighted by atomic mass is 16.5. The molecule has 2 heterocycles. The third kappa shape index (κ3) is 5.67. The van der Waals surface area contributed by atoms with Crippen molar-refractivity contribution in [2.45, 2.75) is 25.6 Å². The highest BCUT2D eigenvalue weighted by molar-refractivity contribution is 6.06. The first-order valence-electron chi connectivity index (χ1n) is 11.9. The number of amides is 3. The van der Waals surface area contributed by atoms with Crippen LogP contribution in [-0.4, -0.2) is 31.2 Å². The number of carbonyl (C=O) groups is 2. The molecule has 8 nitrogen and oxygen atoms in total. The van der Waals surface area contributed by atoms with E-state index in [4.69, 9.17) is 13.9 Å². The molecular weight excluding hydrogens is 458 g/mol. The second-order valence-corrected chi connectivity index (χ2v) is 8.51. The monoisotopic (exact) mass is 485 g/mol. The SMILES string of the molecule is O=C(NCC1CCCO1)Nc1ccc(NC(=O)c2oc3ccccc3c2COc2ccccc2)cc1. The number of fused-ring (bicyclic) bond motifs is 1. The van der Waals surface area contributed by atoms with Crippen molar-refractivity contribution in [1.29, 1.82) is 0 Å². The minimum absolute atomic E-state index is 0.0783. The molecule has 1 fully saturated rings. The number of ether oxygens (including phenoxy) is 2. The van der Waals surface area contributed by atoms with Gasteiger partial charge in [-0.05, 0) is 55.3 Å². The van der Waals surface area contributed by atoms with Gasteiger partial charge in [0.1, 0.15) is 17.9 Å². The predicted octanol–water partition coefficient (Wildman–Crippen LogP) is 5.56. The van der Waals surface area contributed by atoms with E-state index in [2.05, 4.69) is 16.0 Å². The van der Waals surface area contributed by atoms with Crippen LogP contribution in [0, 0.1) is 0 Å². The Morgan fingerprint density at radius 2 is 1.61 bits per heavy atom. The van der Waals surface area contributed by atoms with Crippen molar-refractivity contribution in [3.8, 4) is 5.75 Å². The molecule has 1 aliphatic rings. The van der Waals surface area contributed by atoms with E-state index in [9.17, 15) is 9.59 Å². The van der Waals surface area contributed by atoms with Crippen molar-refractivity contribution in [2.24, 2.45) is 0 Å². The number of furan rings is 1. The van der Waals surface area contributed by atoms with Gasteiger partial charge in [0.2, 0.25) is 0 Å². The van der Waals surface area contributed by atoms with Gasteiger partial charge >= 0.3 is 6.03 Å². The van der Waals surface area contributed by atoms with Crippen LogP contribution in [0.5, 0.6) is 5.75 Å². The van der Waals surface area contributed by atoms with Crippen molar-refractivity contribution >= 4 is 34.3 Å². The Labute approximate surface area is 208 Å². The van der Waals surface area contributed by atoms with Gasteiger partial charge in [-0.2, -0.15) is 0 Å². The summed E-state index contributed by atoms with van der Waals surface area (Å²) in [6.07, 6.45) is 2.06. The van der Waals surface area contributed by atoms with Crippen LogP contribution in [0.4, 0.5) is 16.2 Å². The smallest absolute Gasteiger partial charge is 0.319 e. The zero-order chi connectivity index (χ0) is 24.7. The second kappa shape index (κ2) is 11.0. The topological polar surface area (TPSA) is 102 Å². The maximum Gasteiger partial charge on any atom is 0.319 e. The van der Waals surface area contributed by atoms with Crippen molar-refractivity contribution in [2.75, 3.05) is 23.8 Å². The summed E-state index contributed by atoms with van der Waals surface area (Å²) in [5.74, 6) is 0.521. The highest BCUT2D eigenvalue weighted by Gasteiger charge is 2.21. The first kappa shape index (κ1) is 23.4. The van der Waals surface area contributed by atoms with Gasteiger partial charge in [0.05, 0.1) is 6.10 Å². The van der Waals surface area contributed by atoms with E-state index < -0.39 is 0 Å². The largest absolute Gasteiger partial charge is 0.489 e. The van der Waals surface area contributed by atoms with E-state index in [0.29, 0.717) is 34.8 Å². The molecule has 3 N–H and O–H groups in total. The molecule has 184 valence electrons. The molecular formula is C28H27N3O5. The number of urea groups is 1. The van der Waals surface area contributed by atoms with E-state index in [1.807, 2.05) is 54.6 Å². The fourth-order valence-corrected chi connectivity index (χ4v) is 4.11. The molecule has 1 aliphatic heterocycles. The summed E-state index contributed by atoms with van der Waals surface area (Å²) in [5.41, 5.74) is 2.47. The standard InChI is InChI=1S/C28H27N3O5/c32-27(30-19-12-14-20(15-13-19)31-28(33)29-17-22-9-6-16-34-22)26-24(18-35-21-7-2-1-3-8-21)23-10-4-5-11-25(23)36-26/h1-5,7-8,10-15,22H,6,9,16-18H2,(H,30,32)(H2,29,31,33). The number of hydrogen-bond donors (Lipinski definition) is 3. The Hall–Kier alpha value is -4.30. The summed E-state index contributed by atoms with van der Waals surface area (Å²) >= 11 is 0. The van der Waals surface area contributed by atoms with Crippen LogP contribution in [0.2, 0.25) is 0 Å². The lowest BCUT2D eigenvalue weighted by Gasteiger charge is -2.12. The van der Waals surface area contributed by atoms with Crippen molar-refractivity contribution in [3.63, 3.8) is 0 Å². The van der Waals surface area contributed by atoms with Gasteiger partial charge in [-0.3, -0.25) is 4.79 Å². The summed E-state index contributed by atoms with van der Waals surface area (Å²) in [4.78, 5) is 25.3. The van der Waals surface area contributed by atoms with Gasteiger partial charge in [0, 0.05) is 35.5 Å². The fourth-order valence-electron chi connectivity index (χ4n) is 4.11. The summed E-state index contributed by atoms with van der Waals surface area (Å²) in [7, 11) is 0. The van der Waals surface area contributed by atoms with E-state index in [1.54, 1.807) is 24.3 Å². The maximum absolute atomic E-state index is 13.1. The van der Waals surface area contributed by atoms with E-state index in [1.165, 1.54) is 0 Å². The molecule has 0 bridgehead atoms. The molecule has 0 aliphatic carbocycles. The van der Waals surface area contributed by atoms with Crippen LogP contribution in [0.15, 0.2) is 83.3 Å². The normalized spacial score (nSPS) is 14.9.